The molecule has 0 spiro atoms. The van der Waals surface area contributed by atoms with Gasteiger partial charge in [0.15, 0.2) is 0 Å². The van der Waals surface area contributed by atoms with Gasteiger partial charge in [-0.15, -0.1) is 0 Å². The van der Waals surface area contributed by atoms with Crippen molar-refractivity contribution in [1.29, 1.82) is 0 Å². The van der Waals surface area contributed by atoms with E-state index in [9.17, 15) is 9.59 Å². The Balaban J connectivity index is 2.54. The third kappa shape index (κ3) is 2.74. The van der Waals surface area contributed by atoms with Crippen LogP contribution in [0.15, 0.2) is 0 Å². The normalized spacial score (nSPS) is 17.5. The van der Waals surface area contributed by atoms with Crippen LogP contribution in [0.5, 0.6) is 0 Å². The molecule has 0 radical (unpaired) electrons. The molecule has 1 aliphatic rings. The van der Waals surface area contributed by atoms with Crippen molar-refractivity contribution in [3.05, 3.63) is 0 Å². The highest BCUT2D eigenvalue weighted by Gasteiger charge is 2.32. The number of hydrogen-bond acceptors (Lipinski definition) is 2. The second-order valence-electron chi connectivity index (χ2n) is 5.04. The first-order chi connectivity index (χ1) is 7.38. The molecule has 0 unspecified atom stereocenters. The lowest BCUT2D eigenvalue weighted by Gasteiger charge is -2.38. The predicted octanol–water partition coefficient (Wildman–Crippen LogP) is 1.11. The summed E-state index contributed by atoms with van der Waals surface area (Å²) in [6, 6.07) is 0. The molecule has 0 N–H and O–H groups in total. The molecule has 0 aliphatic carbocycles. The molecule has 1 fully saturated rings. The van der Waals surface area contributed by atoms with E-state index in [0.717, 1.165) is 6.42 Å². The Bertz CT molecular complexity index is 279. The van der Waals surface area contributed by atoms with Gasteiger partial charge in [0.2, 0.25) is 11.8 Å². The van der Waals surface area contributed by atoms with E-state index in [0.29, 0.717) is 26.2 Å². The van der Waals surface area contributed by atoms with E-state index in [-0.39, 0.29) is 17.2 Å². The molecule has 1 saturated heterocycles. The van der Waals surface area contributed by atoms with E-state index < -0.39 is 0 Å². The molecular formula is C12H22N2O2. The first-order valence-electron chi connectivity index (χ1n) is 5.93. The predicted molar refractivity (Wildman–Crippen MR) is 62.9 cm³/mol. The van der Waals surface area contributed by atoms with Crippen LogP contribution in [0.25, 0.3) is 0 Å². The zero-order chi connectivity index (χ0) is 12.3. The van der Waals surface area contributed by atoms with Crippen molar-refractivity contribution in [3.63, 3.8) is 0 Å². The Morgan fingerprint density at radius 2 is 1.50 bits per heavy atom. The van der Waals surface area contributed by atoms with Crippen LogP contribution in [-0.4, -0.2) is 47.8 Å². The number of hydrogen-bond donors (Lipinski definition) is 0. The molecule has 0 bridgehead atoms. The topological polar surface area (TPSA) is 40.6 Å². The van der Waals surface area contributed by atoms with E-state index in [2.05, 4.69) is 0 Å². The van der Waals surface area contributed by atoms with Crippen molar-refractivity contribution in [2.24, 2.45) is 5.41 Å². The molecule has 4 heteroatoms. The van der Waals surface area contributed by atoms with Crippen molar-refractivity contribution >= 4 is 11.8 Å². The number of nitrogens with zero attached hydrogens (tertiary/aromatic N) is 2. The second kappa shape index (κ2) is 4.85. The smallest absolute Gasteiger partial charge is 0.228 e. The van der Waals surface area contributed by atoms with Gasteiger partial charge in [-0.2, -0.15) is 0 Å². The Kier molecular flexibility index (Phi) is 3.94. The summed E-state index contributed by atoms with van der Waals surface area (Å²) >= 11 is 0. The van der Waals surface area contributed by atoms with Crippen LogP contribution < -0.4 is 0 Å². The fraction of sp³-hybridized carbons (Fsp3) is 0.833. The fourth-order valence-electron chi connectivity index (χ4n) is 1.80. The zero-order valence-corrected chi connectivity index (χ0v) is 10.7. The van der Waals surface area contributed by atoms with Gasteiger partial charge in [0.1, 0.15) is 0 Å². The summed E-state index contributed by atoms with van der Waals surface area (Å²) in [7, 11) is 0. The summed E-state index contributed by atoms with van der Waals surface area (Å²) in [6.45, 7) is 10.2. The number of piperazine rings is 1. The Hall–Kier alpha value is -1.06. The summed E-state index contributed by atoms with van der Waals surface area (Å²) in [6.07, 6.45) is 0.846. The molecule has 1 heterocycles. The van der Waals surface area contributed by atoms with Crippen molar-refractivity contribution in [2.45, 2.75) is 34.1 Å². The molecule has 16 heavy (non-hydrogen) atoms. The summed E-state index contributed by atoms with van der Waals surface area (Å²) in [5, 5.41) is 0. The van der Waals surface area contributed by atoms with Crippen molar-refractivity contribution < 1.29 is 9.59 Å². The zero-order valence-electron chi connectivity index (χ0n) is 10.7. The van der Waals surface area contributed by atoms with Crippen LogP contribution >= 0.6 is 0 Å². The average molecular weight is 226 g/mol. The summed E-state index contributed by atoms with van der Waals surface area (Å²) < 4.78 is 0. The molecule has 0 aromatic carbocycles. The van der Waals surface area contributed by atoms with Gasteiger partial charge in [0.25, 0.3) is 0 Å². The van der Waals surface area contributed by atoms with E-state index in [1.165, 1.54) is 0 Å². The van der Waals surface area contributed by atoms with Crippen molar-refractivity contribution in [3.8, 4) is 0 Å². The SMILES string of the molecule is CCC(C)(C)C(=O)N1CCN(C(C)=O)CC1. The van der Waals surface area contributed by atoms with E-state index in [4.69, 9.17) is 0 Å². The molecule has 2 amide bonds. The molecule has 0 saturated carbocycles. The highest BCUT2D eigenvalue weighted by molar-refractivity contribution is 5.82. The van der Waals surface area contributed by atoms with Gasteiger partial charge in [0, 0.05) is 38.5 Å². The van der Waals surface area contributed by atoms with Crippen LogP contribution in [0.2, 0.25) is 0 Å². The van der Waals surface area contributed by atoms with Crippen LogP contribution in [0.1, 0.15) is 34.1 Å². The lowest BCUT2D eigenvalue weighted by atomic mass is 9.88. The second-order valence-corrected chi connectivity index (χ2v) is 5.04. The largest absolute Gasteiger partial charge is 0.339 e. The number of rotatable bonds is 2. The quantitative estimate of drug-likeness (QED) is 0.708. The molecule has 92 valence electrons. The van der Waals surface area contributed by atoms with Crippen molar-refractivity contribution in [1.82, 2.24) is 9.80 Å². The lowest BCUT2D eigenvalue weighted by Crippen LogP contribution is -2.52. The Morgan fingerprint density at radius 3 is 1.88 bits per heavy atom. The van der Waals surface area contributed by atoms with Gasteiger partial charge in [-0.3, -0.25) is 9.59 Å². The molecule has 1 rings (SSSR count). The first-order valence-corrected chi connectivity index (χ1v) is 5.93. The van der Waals surface area contributed by atoms with Crippen LogP contribution in [0.4, 0.5) is 0 Å². The third-order valence-corrected chi connectivity index (χ3v) is 3.48. The van der Waals surface area contributed by atoms with E-state index in [1.807, 2.05) is 25.7 Å². The maximum absolute atomic E-state index is 12.1. The fourth-order valence-corrected chi connectivity index (χ4v) is 1.80. The maximum Gasteiger partial charge on any atom is 0.228 e. The standard InChI is InChI=1S/C12H22N2O2/c1-5-12(3,4)11(16)14-8-6-13(7-9-14)10(2)15/h5-9H2,1-4H3. The number of amides is 2. The Morgan fingerprint density at radius 1 is 1.06 bits per heavy atom. The van der Waals surface area contributed by atoms with Gasteiger partial charge in [0.05, 0.1) is 0 Å². The Labute approximate surface area is 97.6 Å². The van der Waals surface area contributed by atoms with Gasteiger partial charge in [-0.1, -0.05) is 20.8 Å². The molecule has 0 aromatic heterocycles. The molecule has 1 aliphatic heterocycles. The van der Waals surface area contributed by atoms with Gasteiger partial charge in [-0.05, 0) is 6.42 Å². The first kappa shape index (κ1) is 13.0. The van der Waals surface area contributed by atoms with Gasteiger partial charge in [-0.25, -0.2) is 0 Å². The summed E-state index contributed by atoms with van der Waals surface area (Å²) in [5.41, 5.74) is -0.279. The van der Waals surface area contributed by atoms with Gasteiger partial charge < -0.3 is 9.80 Å². The monoisotopic (exact) mass is 226 g/mol. The molecular weight excluding hydrogens is 204 g/mol. The van der Waals surface area contributed by atoms with Crippen LogP contribution in [-0.2, 0) is 9.59 Å². The highest BCUT2D eigenvalue weighted by atomic mass is 16.2. The minimum absolute atomic E-state index is 0.0989. The van der Waals surface area contributed by atoms with Crippen LogP contribution in [0, 0.1) is 5.41 Å². The number of carbonyl (C=O) groups excluding carboxylic acids is 2. The molecule has 0 aromatic rings. The highest BCUT2D eigenvalue weighted by Crippen LogP contribution is 2.23. The number of carbonyl (C=O) groups is 2. The van der Waals surface area contributed by atoms with E-state index in [1.54, 1.807) is 11.8 Å². The van der Waals surface area contributed by atoms with Gasteiger partial charge >= 0.3 is 0 Å². The molecule has 0 atom stereocenters. The van der Waals surface area contributed by atoms with E-state index >= 15 is 0 Å². The summed E-state index contributed by atoms with van der Waals surface area (Å²) in [4.78, 5) is 27.0. The minimum atomic E-state index is -0.279. The lowest BCUT2D eigenvalue weighted by molar-refractivity contribution is -0.145. The van der Waals surface area contributed by atoms with Crippen molar-refractivity contribution in [2.75, 3.05) is 26.2 Å². The third-order valence-electron chi connectivity index (χ3n) is 3.48. The maximum atomic E-state index is 12.1. The van der Waals surface area contributed by atoms with Crippen LogP contribution in [0.3, 0.4) is 0 Å². The summed E-state index contributed by atoms with van der Waals surface area (Å²) in [5.74, 6) is 0.306. The minimum Gasteiger partial charge on any atom is -0.339 e. The molecule has 4 nitrogen and oxygen atoms in total. The average Bonchev–Trinajstić information content (AvgIpc) is 2.28.